The van der Waals surface area contributed by atoms with E-state index < -0.39 is 0 Å². The fourth-order valence-corrected chi connectivity index (χ4v) is 2.52. The Morgan fingerprint density at radius 3 is 2.52 bits per heavy atom. The molecule has 120 valence electrons. The highest BCUT2D eigenvalue weighted by Gasteiger charge is 2.08. The number of aryl methyl sites for hydroxylation is 1. The molecule has 1 aromatic heterocycles. The molecule has 0 radical (unpaired) electrons. The van der Waals surface area contributed by atoms with Crippen LogP contribution in [0.25, 0.3) is 10.9 Å². The number of fused-ring (bicyclic) bond motifs is 1. The molecule has 0 bridgehead atoms. The Hall–Kier alpha value is -1.81. The quantitative estimate of drug-likeness (QED) is 0.724. The number of hydrogen-bond acceptors (Lipinski definition) is 3. The van der Waals surface area contributed by atoms with E-state index in [1.807, 2.05) is 49.4 Å². The van der Waals surface area contributed by atoms with Crippen LogP contribution in [0.5, 0.6) is 5.75 Å². The Labute approximate surface area is 146 Å². The molecule has 2 N–H and O–H groups in total. The zero-order chi connectivity index (χ0) is 16.8. The Bertz CT molecular complexity index is 806. The average molecular weight is 349 g/mol. The summed E-state index contributed by atoms with van der Waals surface area (Å²) >= 11 is 12.2. The van der Waals surface area contributed by atoms with Crippen LogP contribution in [0, 0.1) is 6.92 Å². The van der Waals surface area contributed by atoms with E-state index >= 15 is 0 Å². The van der Waals surface area contributed by atoms with E-state index in [1.165, 1.54) is 7.05 Å². The molecule has 0 saturated heterocycles. The molecule has 0 aliphatic carbocycles. The summed E-state index contributed by atoms with van der Waals surface area (Å²) in [4.78, 5) is 4.54. The van der Waals surface area contributed by atoms with Crippen molar-refractivity contribution in [3.63, 3.8) is 0 Å². The Morgan fingerprint density at radius 1 is 1.00 bits per heavy atom. The Balaban J connectivity index is 0.000000924. The summed E-state index contributed by atoms with van der Waals surface area (Å²) in [6.45, 7) is 2.32. The minimum absolute atomic E-state index is 0.355. The molecule has 0 unspecified atom stereocenters. The SMILES string of the molecule is CN.Cc1ccc2cccc(OCc3cccc(Cl)c3Cl)c2n1. The average Bonchev–Trinajstić information content (AvgIpc) is 2.58. The first-order valence-electron chi connectivity index (χ1n) is 7.15. The minimum atomic E-state index is 0.355. The van der Waals surface area contributed by atoms with Crippen LogP contribution in [0.15, 0.2) is 48.5 Å². The molecule has 0 saturated carbocycles. The molecule has 0 aliphatic rings. The van der Waals surface area contributed by atoms with Crippen LogP contribution in [-0.2, 0) is 6.61 Å². The van der Waals surface area contributed by atoms with Crippen molar-refractivity contribution in [2.75, 3.05) is 7.05 Å². The zero-order valence-corrected chi connectivity index (χ0v) is 14.5. The van der Waals surface area contributed by atoms with Crippen molar-refractivity contribution >= 4 is 34.1 Å². The van der Waals surface area contributed by atoms with Crippen LogP contribution in [0.2, 0.25) is 10.0 Å². The van der Waals surface area contributed by atoms with Crippen molar-refractivity contribution in [1.29, 1.82) is 0 Å². The third-order valence-electron chi connectivity index (χ3n) is 3.24. The highest BCUT2D eigenvalue weighted by atomic mass is 35.5. The molecule has 3 aromatic rings. The normalized spacial score (nSPS) is 10.1. The molecule has 5 heteroatoms. The number of benzene rings is 2. The third kappa shape index (κ3) is 4.14. The molecular formula is C18H18Cl2N2O. The lowest BCUT2D eigenvalue weighted by atomic mass is 10.2. The van der Waals surface area contributed by atoms with Gasteiger partial charge in [-0.05, 0) is 32.2 Å². The van der Waals surface area contributed by atoms with Crippen LogP contribution < -0.4 is 10.5 Å². The van der Waals surface area contributed by atoms with Crippen molar-refractivity contribution in [1.82, 2.24) is 4.98 Å². The van der Waals surface area contributed by atoms with Crippen molar-refractivity contribution in [3.05, 3.63) is 69.8 Å². The molecule has 23 heavy (non-hydrogen) atoms. The first kappa shape index (κ1) is 17.5. The van der Waals surface area contributed by atoms with E-state index in [0.29, 0.717) is 16.7 Å². The van der Waals surface area contributed by atoms with E-state index in [2.05, 4.69) is 10.7 Å². The van der Waals surface area contributed by atoms with Crippen molar-refractivity contribution in [3.8, 4) is 5.75 Å². The molecule has 0 fully saturated rings. The molecule has 0 atom stereocenters. The molecule has 0 aliphatic heterocycles. The maximum Gasteiger partial charge on any atom is 0.146 e. The van der Waals surface area contributed by atoms with Crippen LogP contribution in [0.3, 0.4) is 0 Å². The van der Waals surface area contributed by atoms with E-state index in [-0.39, 0.29) is 0 Å². The highest BCUT2D eigenvalue weighted by Crippen LogP contribution is 2.28. The highest BCUT2D eigenvalue weighted by molar-refractivity contribution is 6.42. The van der Waals surface area contributed by atoms with Gasteiger partial charge in [0.15, 0.2) is 0 Å². The second kappa shape index (κ2) is 8.16. The maximum absolute atomic E-state index is 6.18. The summed E-state index contributed by atoms with van der Waals surface area (Å²) in [5.74, 6) is 0.743. The number of para-hydroxylation sites is 1. The molecular weight excluding hydrogens is 331 g/mol. The summed E-state index contributed by atoms with van der Waals surface area (Å²) in [7, 11) is 1.50. The lowest BCUT2D eigenvalue weighted by Gasteiger charge is -2.10. The Morgan fingerprint density at radius 2 is 1.74 bits per heavy atom. The van der Waals surface area contributed by atoms with E-state index in [0.717, 1.165) is 27.9 Å². The summed E-state index contributed by atoms with van der Waals surface area (Å²) < 4.78 is 5.89. The number of rotatable bonds is 3. The van der Waals surface area contributed by atoms with Crippen molar-refractivity contribution in [2.45, 2.75) is 13.5 Å². The molecule has 3 rings (SSSR count). The summed E-state index contributed by atoms with van der Waals surface area (Å²) in [5, 5.41) is 2.11. The minimum Gasteiger partial charge on any atom is -0.487 e. The Kier molecular flexibility index (Phi) is 6.22. The predicted octanol–water partition coefficient (Wildman–Crippen LogP) is 5.00. The fraction of sp³-hybridized carbons (Fsp3) is 0.167. The van der Waals surface area contributed by atoms with Gasteiger partial charge in [-0.25, -0.2) is 4.98 Å². The van der Waals surface area contributed by atoms with E-state index in [4.69, 9.17) is 27.9 Å². The number of nitrogens with zero attached hydrogens (tertiary/aromatic N) is 1. The van der Waals surface area contributed by atoms with Gasteiger partial charge in [0.05, 0.1) is 10.0 Å². The van der Waals surface area contributed by atoms with E-state index in [1.54, 1.807) is 6.07 Å². The van der Waals surface area contributed by atoms with Gasteiger partial charge in [-0.1, -0.05) is 53.5 Å². The summed E-state index contributed by atoms with van der Waals surface area (Å²) in [6, 6.07) is 15.4. The van der Waals surface area contributed by atoms with Gasteiger partial charge in [-0.2, -0.15) is 0 Å². The fourth-order valence-electron chi connectivity index (χ4n) is 2.15. The first-order chi connectivity index (χ1) is 11.1. The smallest absolute Gasteiger partial charge is 0.146 e. The first-order valence-corrected chi connectivity index (χ1v) is 7.90. The van der Waals surface area contributed by atoms with Crippen LogP contribution >= 0.6 is 23.2 Å². The standard InChI is InChI=1S/C17H13Cl2NO.CH5N/c1-11-8-9-12-4-3-7-15(17(12)20-11)21-10-13-5-2-6-14(18)16(13)19;1-2/h2-9H,10H2,1H3;2H2,1H3. The number of nitrogens with two attached hydrogens (primary N) is 1. The van der Waals surface area contributed by atoms with Gasteiger partial charge in [0, 0.05) is 16.6 Å². The van der Waals surface area contributed by atoms with Gasteiger partial charge < -0.3 is 10.5 Å². The monoisotopic (exact) mass is 348 g/mol. The van der Waals surface area contributed by atoms with Gasteiger partial charge in [0.1, 0.15) is 17.9 Å². The van der Waals surface area contributed by atoms with Crippen LogP contribution in [0.4, 0.5) is 0 Å². The van der Waals surface area contributed by atoms with E-state index in [9.17, 15) is 0 Å². The molecule has 0 amide bonds. The van der Waals surface area contributed by atoms with Crippen LogP contribution in [-0.4, -0.2) is 12.0 Å². The third-order valence-corrected chi connectivity index (χ3v) is 4.10. The maximum atomic E-state index is 6.18. The zero-order valence-electron chi connectivity index (χ0n) is 13.0. The molecule has 3 nitrogen and oxygen atoms in total. The van der Waals surface area contributed by atoms with Crippen molar-refractivity contribution in [2.24, 2.45) is 5.73 Å². The van der Waals surface area contributed by atoms with Crippen LogP contribution in [0.1, 0.15) is 11.3 Å². The number of pyridine rings is 1. The van der Waals surface area contributed by atoms with Gasteiger partial charge in [0.25, 0.3) is 0 Å². The molecule has 1 heterocycles. The van der Waals surface area contributed by atoms with Gasteiger partial charge in [-0.15, -0.1) is 0 Å². The van der Waals surface area contributed by atoms with Gasteiger partial charge in [-0.3, -0.25) is 0 Å². The topological polar surface area (TPSA) is 48.1 Å². The lowest BCUT2D eigenvalue weighted by Crippen LogP contribution is -1.98. The second-order valence-electron chi connectivity index (χ2n) is 4.78. The summed E-state index contributed by atoms with van der Waals surface area (Å²) in [5.41, 5.74) is 7.17. The largest absolute Gasteiger partial charge is 0.487 e. The van der Waals surface area contributed by atoms with Crippen molar-refractivity contribution < 1.29 is 4.74 Å². The number of aromatic nitrogens is 1. The lowest BCUT2D eigenvalue weighted by molar-refractivity contribution is 0.309. The van der Waals surface area contributed by atoms with Gasteiger partial charge in [0.2, 0.25) is 0 Å². The van der Waals surface area contributed by atoms with Gasteiger partial charge >= 0.3 is 0 Å². The second-order valence-corrected chi connectivity index (χ2v) is 5.57. The predicted molar refractivity (Wildman–Crippen MR) is 97.4 cm³/mol. The summed E-state index contributed by atoms with van der Waals surface area (Å²) in [6.07, 6.45) is 0. The number of halogens is 2. The molecule has 2 aromatic carbocycles. The number of ether oxygens (including phenoxy) is 1. The molecule has 0 spiro atoms. The number of hydrogen-bond donors (Lipinski definition) is 1.